The van der Waals surface area contributed by atoms with Crippen LogP contribution in [0.3, 0.4) is 0 Å². The summed E-state index contributed by atoms with van der Waals surface area (Å²) in [6, 6.07) is 15.3. The molecular formula is C19H18ClN5O. The van der Waals surface area contributed by atoms with Crippen LogP contribution < -0.4 is 10.6 Å². The standard InChI is InChI=1S/C19H18ClN5O/c1-12-5-2-3-8-16(12)18-23-19-22-15(10-17(26)25(19)24-18)11-21-14-7-4-6-13(20)9-14/h2-9,15,21H,10-11H2,1H3,(H,22,23,24). The molecule has 3 aromatic rings. The number of carbonyl (C=O) groups excluding carboxylic acids is 1. The molecule has 7 heteroatoms. The molecule has 26 heavy (non-hydrogen) atoms. The summed E-state index contributed by atoms with van der Waals surface area (Å²) in [6.07, 6.45) is 0.344. The van der Waals surface area contributed by atoms with Crippen LogP contribution in [0.5, 0.6) is 0 Å². The van der Waals surface area contributed by atoms with Gasteiger partial charge in [-0.15, -0.1) is 5.10 Å². The summed E-state index contributed by atoms with van der Waals surface area (Å²) in [6.45, 7) is 2.58. The van der Waals surface area contributed by atoms with E-state index in [-0.39, 0.29) is 11.9 Å². The van der Waals surface area contributed by atoms with Crippen LogP contribution in [0.25, 0.3) is 11.4 Å². The average molecular weight is 368 g/mol. The third-order valence-electron chi connectivity index (χ3n) is 4.36. The first kappa shape index (κ1) is 16.6. The summed E-state index contributed by atoms with van der Waals surface area (Å²) >= 11 is 6.00. The largest absolute Gasteiger partial charge is 0.383 e. The number of nitrogens with zero attached hydrogens (tertiary/aromatic N) is 3. The van der Waals surface area contributed by atoms with E-state index < -0.39 is 0 Å². The third kappa shape index (κ3) is 3.28. The van der Waals surface area contributed by atoms with Gasteiger partial charge in [0.05, 0.1) is 12.5 Å². The molecule has 1 aliphatic rings. The van der Waals surface area contributed by atoms with Crippen molar-refractivity contribution in [1.82, 2.24) is 14.8 Å². The van der Waals surface area contributed by atoms with Crippen LogP contribution in [0.1, 0.15) is 16.8 Å². The molecule has 1 aliphatic heterocycles. The molecule has 0 aliphatic carbocycles. The maximum absolute atomic E-state index is 12.5. The molecule has 1 atom stereocenters. The van der Waals surface area contributed by atoms with Crippen molar-refractivity contribution in [3.05, 3.63) is 59.1 Å². The Morgan fingerprint density at radius 3 is 2.92 bits per heavy atom. The van der Waals surface area contributed by atoms with Gasteiger partial charge in [0.2, 0.25) is 5.95 Å². The Kier molecular flexibility index (Phi) is 4.34. The molecule has 0 saturated heterocycles. The molecule has 4 rings (SSSR count). The van der Waals surface area contributed by atoms with Crippen LogP contribution in [0.15, 0.2) is 48.5 Å². The second-order valence-electron chi connectivity index (χ2n) is 6.32. The average Bonchev–Trinajstić information content (AvgIpc) is 3.05. The minimum absolute atomic E-state index is 0.0658. The second kappa shape index (κ2) is 6.80. The molecular weight excluding hydrogens is 350 g/mol. The highest BCUT2D eigenvalue weighted by Crippen LogP contribution is 2.24. The van der Waals surface area contributed by atoms with Crippen LogP contribution in [-0.2, 0) is 0 Å². The first-order valence-electron chi connectivity index (χ1n) is 8.42. The number of hydrogen-bond acceptors (Lipinski definition) is 5. The van der Waals surface area contributed by atoms with Crippen LogP contribution in [0.4, 0.5) is 11.6 Å². The summed E-state index contributed by atoms with van der Waals surface area (Å²) in [5.41, 5.74) is 2.92. The fourth-order valence-electron chi connectivity index (χ4n) is 3.01. The Balaban J connectivity index is 1.51. The number of aromatic nitrogens is 3. The molecule has 2 N–H and O–H groups in total. The summed E-state index contributed by atoms with van der Waals surface area (Å²) in [5.74, 6) is 0.976. The molecule has 0 saturated carbocycles. The third-order valence-corrected chi connectivity index (χ3v) is 4.60. The summed E-state index contributed by atoms with van der Waals surface area (Å²) in [4.78, 5) is 17.0. The highest BCUT2D eigenvalue weighted by molar-refractivity contribution is 6.30. The minimum atomic E-state index is -0.0668. The van der Waals surface area contributed by atoms with Crippen molar-refractivity contribution in [2.24, 2.45) is 0 Å². The van der Waals surface area contributed by atoms with Crippen molar-refractivity contribution in [2.45, 2.75) is 19.4 Å². The maximum atomic E-state index is 12.5. The molecule has 2 heterocycles. The first-order chi connectivity index (χ1) is 12.6. The monoisotopic (exact) mass is 367 g/mol. The number of nitrogens with one attached hydrogen (secondary N) is 2. The van der Waals surface area contributed by atoms with E-state index in [1.807, 2.05) is 55.5 Å². The number of fused-ring (bicyclic) bond motifs is 1. The Morgan fingerprint density at radius 2 is 2.12 bits per heavy atom. The lowest BCUT2D eigenvalue weighted by atomic mass is 10.1. The Labute approximate surface area is 156 Å². The first-order valence-corrected chi connectivity index (χ1v) is 8.80. The van der Waals surface area contributed by atoms with Gasteiger partial charge in [-0.2, -0.15) is 9.67 Å². The summed E-state index contributed by atoms with van der Waals surface area (Å²) < 4.78 is 1.36. The molecule has 0 fully saturated rings. The van der Waals surface area contributed by atoms with Gasteiger partial charge < -0.3 is 10.6 Å². The maximum Gasteiger partial charge on any atom is 0.252 e. The van der Waals surface area contributed by atoms with Crippen molar-refractivity contribution < 1.29 is 4.79 Å². The minimum Gasteiger partial charge on any atom is -0.383 e. The second-order valence-corrected chi connectivity index (χ2v) is 6.75. The van der Waals surface area contributed by atoms with Crippen molar-refractivity contribution in [1.29, 1.82) is 0 Å². The van der Waals surface area contributed by atoms with E-state index in [1.54, 1.807) is 0 Å². The van der Waals surface area contributed by atoms with E-state index in [4.69, 9.17) is 11.6 Å². The number of aryl methyl sites for hydroxylation is 1. The van der Waals surface area contributed by atoms with E-state index >= 15 is 0 Å². The molecule has 1 aromatic heterocycles. The predicted octanol–water partition coefficient (Wildman–Crippen LogP) is 3.84. The van der Waals surface area contributed by atoms with Gasteiger partial charge in [0.25, 0.3) is 5.91 Å². The molecule has 0 spiro atoms. The van der Waals surface area contributed by atoms with E-state index in [0.29, 0.717) is 29.8 Å². The number of rotatable bonds is 4. The van der Waals surface area contributed by atoms with E-state index in [1.165, 1.54) is 4.68 Å². The van der Waals surface area contributed by atoms with Crippen molar-refractivity contribution in [3.8, 4) is 11.4 Å². The highest BCUT2D eigenvalue weighted by Gasteiger charge is 2.27. The lowest BCUT2D eigenvalue weighted by Crippen LogP contribution is -2.38. The molecule has 6 nitrogen and oxygen atoms in total. The fourth-order valence-corrected chi connectivity index (χ4v) is 3.20. The van der Waals surface area contributed by atoms with Crippen LogP contribution in [0.2, 0.25) is 5.02 Å². The van der Waals surface area contributed by atoms with Crippen LogP contribution >= 0.6 is 11.6 Å². The zero-order chi connectivity index (χ0) is 18.1. The van der Waals surface area contributed by atoms with Gasteiger partial charge in [0, 0.05) is 22.8 Å². The fraction of sp³-hybridized carbons (Fsp3) is 0.211. The van der Waals surface area contributed by atoms with E-state index in [0.717, 1.165) is 16.8 Å². The van der Waals surface area contributed by atoms with E-state index in [2.05, 4.69) is 20.7 Å². The highest BCUT2D eigenvalue weighted by atomic mass is 35.5. The van der Waals surface area contributed by atoms with Gasteiger partial charge >= 0.3 is 0 Å². The molecule has 0 radical (unpaired) electrons. The summed E-state index contributed by atoms with van der Waals surface area (Å²) in [5, 5.41) is 11.6. The molecule has 0 bridgehead atoms. The van der Waals surface area contributed by atoms with Gasteiger partial charge in [0.1, 0.15) is 0 Å². The van der Waals surface area contributed by atoms with Gasteiger partial charge in [-0.3, -0.25) is 4.79 Å². The van der Waals surface area contributed by atoms with E-state index in [9.17, 15) is 4.79 Å². The molecule has 132 valence electrons. The van der Waals surface area contributed by atoms with Crippen LogP contribution in [-0.4, -0.2) is 33.3 Å². The van der Waals surface area contributed by atoms with Crippen molar-refractivity contribution in [3.63, 3.8) is 0 Å². The lowest BCUT2D eigenvalue weighted by Gasteiger charge is -2.23. The zero-order valence-electron chi connectivity index (χ0n) is 14.2. The molecule has 0 amide bonds. The quantitative estimate of drug-likeness (QED) is 0.733. The SMILES string of the molecule is Cc1ccccc1-c1nc2n(n1)C(=O)CC(CNc1cccc(Cl)c1)N2. The van der Waals surface area contributed by atoms with Gasteiger partial charge in [-0.25, -0.2) is 0 Å². The van der Waals surface area contributed by atoms with Gasteiger partial charge in [-0.05, 0) is 30.7 Å². The number of anilines is 2. The summed E-state index contributed by atoms with van der Waals surface area (Å²) in [7, 11) is 0. The number of carbonyl (C=O) groups is 1. The number of hydrogen-bond donors (Lipinski definition) is 2. The Morgan fingerprint density at radius 1 is 1.27 bits per heavy atom. The topological polar surface area (TPSA) is 71.8 Å². The normalized spacial score (nSPS) is 16.1. The van der Waals surface area contributed by atoms with Gasteiger partial charge in [0.15, 0.2) is 5.82 Å². The van der Waals surface area contributed by atoms with Crippen LogP contribution in [0, 0.1) is 6.92 Å². The zero-order valence-corrected chi connectivity index (χ0v) is 15.0. The smallest absolute Gasteiger partial charge is 0.252 e. The lowest BCUT2D eigenvalue weighted by molar-refractivity contribution is 0.0874. The van der Waals surface area contributed by atoms with Crippen molar-refractivity contribution >= 4 is 29.1 Å². The predicted molar refractivity (Wildman–Crippen MR) is 103 cm³/mol. The number of halogens is 1. The Bertz CT molecular complexity index is 968. The number of benzene rings is 2. The van der Waals surface area contributed by atoms with Crippen molar-refractivity contribution in [2.75, 3.05) is 17.2 Å². The molecule has 2 aromatic carbocycles. The Hall–Kier alpha value is -2.86. The van der Waals surface area contributed by atoms with Gasteiger partial charge in [-0.1, -0.05) is 41.9 Å². The molecule has 1 unspecified atom stereocenters.